The first-order valence-corrected chi connectivity index (χ1v) is 12.7. The summed E-state index contributed by atoms with van der Waals surface area (Å²) in [6.45, 7) is 0.591. The lowest BCUT2D eigenvalue weighted by Crippen LogP contribution is -2.04. The molecular formula is C21H22BrFN2O2S2. The Morgan fingerprint density at radius 3 is 2.66 bits per heavy atom. The van der Waals surface area contributed by atoms with Gasteiger partial charge in [-0.3, -0.25) is 4.21 Å². The molecule has 1 aliphatic carbocycles. The normalized spacial score (nSPS) is 15.1. The van der Waals surface area contributed by atoms with Gasteiger partial charge in [0.05, 0.1) is 26.5 Å². The Kier molecular flexibility index (Phi) is 6.34. The molecule has 0 radical (unpaired) electrons. The van der Waals surface area contributed by atoms with Crippen LogP contribution >= 0.6 is 27.7 Å². The van der Waals surface area contributed by atoms with Gasteiger partial charge in [-0.1, -0.05) is 0 Å². The van der Waals surface area contributed by atoms with Crippen molar-refractivity contribution in [2.45, 2.75) is 35.3 Å². The number of phenolic OH excluding ortho intramolecular Hbond substituents is 1. The van der Waals surface area contributed by atoms with Crippen LogP contribution in [0.15, 0.2) is 45.8 Å². The zero-order chi connectivity index (χ0) is 20.5. The van der Waals surface area contributed by atoms with Crippen molar-refractivity contribution in [1.29, 1.82) is 0 Å². The third-order valence-corrected chi connectivity index (χ3v) is 8.01. The van der Waals surface area contributed by atoms with E-state index in [1.807, 2.05) is 6.07 Å². The first-order valence-electron chi connectivity index (χ1n) is 9.45. The van der Waals surface area contributed by atoms with Gasteiger partial charge in [0.25, 0.3) is 0 Å². The molecule has 154 valence electrons. The number of aromatic hydroxyl groups is 1. The predicted octanol–water partition coefficient (Wildman–Crippen LogP) is 5.08. The summed E-state index contributed by atoms with van der Waals surface area (Å²) in [6, 6.07) is 10.2. The Morgan fingerprint density at radius 2 is 2.00 bits per heavy atom. The summed E-state index contributed by atoms with van der Waals surface area (Å²) >= 11 is 5.18. The summed E-state index contributed by atoms with van der Waals surface area (Å²) in [5.41, 5.74) is 8.52. The van der Waals surface area contributed by atoms with E-state index in [0.717, 1.165) is 40.8 Å². The van der Waals surface area contributed by atoms with Gasteiger partial charge in [0.2, 0.25) is 0 Å². The van der Waals surface area contributed by atoms with Gasteiger partial charge in [0, 0.05) is 45.6 Å². The summed E-state index contributed by atoms with van der Waals surface area (Å²) < 4.78 is 29.1. The molecule has 29 heavy (non-hydrogen) atoms. The fourth-order valence-corrected chi connectivity index (χ4v) is 5.89. The molecule has 8 heteroatoms. The third-order valence-electron chi connectivity index (χ3n) is 5.03. The van der Waals surface area contributed by atoms with Crippen molar-refractivity contribution in [1.82, 2.24) is 4.57 Å². The molecule has 0 amide bonds. The Balaban J connectivity index is 1.75. The molecule has 1 heterocycles. The summed E-state index contributed by atoms with van der Waals surface area (Å²) in [7, 11) is -1.28. The standard InChI is InChI=1S/C21H22BrFN2O2S2/c22-19-10-20-17(18(21(19)26)11-28-8-7-24)9-15(25(20)14-3-4-14)12-29(27)16-5-1-13(23)2-6-16/h1-2,5-6,9-10,14,26H,3-4,7-8,11-12,24H2. The average Bonchev–Trinajstić information content (AvgIpc) is 3.47. The van der Waals surface area contributed by atoms with E-state index in [4.69, 9.17) is 5.73 Å². The molecule has 0 bridgehead atoms. The number of benzene rings is 2. The first kappa shape index (κ1) is 20.9. The van der Waals surface area contributed by atoms with Gasteiger partial charge >= 0.3 is 0 Å². The van der Waals surface area contributed by atoms with Crippen LogP contribution in [0.4, 0.5) is 4.39 Å². The molecule has 4 nitrogen and oxygen atoms in total. The lowest BCUT2D eigenvalue weighted by atomic mass is 10.1. The van der Waals surface area contributed by atoms with E-state index >= 15 is 0 Å². The zero-order valence-corrected chi connectivity index (χ0v) is 19.0. The van der Waals surface area contributed by atoms with Crippen molar-refractivity contribution in [3.63, 3.8) is 0 Å². The van der Waals surface area contributed by atoms with Gasteiger partial charge in [0.15, 0.2) is 0 Å². The number of aromatic nitrogens is 1. The SMILES string of the molecule is NCCSCc1c(O)c(Br)cc2c1cc(CS(=O)c1ccc(F)cc1)n2C1CC1. The van der Waals surface area contributed by atoms with Crippen molar-refractivity contribution < 1.29 is 13.7 Å². The van der Waals surface area contributed by atoms with Crippen molar-refractivity contribution in [2.75, 3.05) is 12.3 Å². The van der Waals surface area contributed by atoms with Gasteiger partial charge in [0.1, 0.15) is 11.6 Å². The maximum atomic E-state index is 13.2. The van der Waals surface area contributed by atoms with Gasteiger partial charge in [-0.2, -0.15) is 11.8 Å². The van der Waals surface area contributed by atoms with E-state index in [0.29, 0.717) is 33.5 Å². The number of fused-ring (bicyclic) bond motifs is 1. The maximum Gasteiger partial charge on any atom is 0.134 e. The number of phenols is 1. The molecule has 3 N–H and O–H groups in total. The Hall–Kier alpha value is -1.35. The lowest BCUT2D eigenvalue weighted by molar-refractivity contribution is 0.468. The molecule has 1 aliphatic rings. The summed E-state index contributed by atoms with van der Waals surface area (Å²) in [5, 5.41) is 11.6. The second-order valence-electron chi connectivity index (χ2n) is 7.14. The van der Waals surface area contributed by atoms with Crippen LogP contribution in [0.5, 0.6) is 5.75 Å². The molecule has 1 aromatic heterocycles. The summed E-state index contributed by atoms with van der Waals surface area (Å²) in [5.74, 6) is 1.75. The van der Waals surface area contributed by atoms with E-state index in [2.05, 4.69) is 26.6 Å². The maximum absolute atomic E-state index is 13.2. The van der Waals surface area contributed by atoms with Gasteiger partial charge in [-0.15, -0.1) is 0 Å². The Labute approximate surface area is 184 Å². The van der Waals surface area contributed by atoms with Crippen LogP contribution in [-0.2, 0) is 22.3 Å². The fraction of sp³-hybridized carbons (Fsp3) is 0.333. The zero-order valence-electron chi connectivity index (χ0n) is 15.7. The molecule has 3 aromatic rings. The van der Waals surface area contributed by atoms with Crippen molar-refractivity contribution in [3.05, 3.63) is 57.9 Å². The minimum Gasteiger partial charge on any atom is -0.506 e. The number of thioether (sulfide) groups is 1. The second-order valence-corrected chi connectivity index (χ2v) is 10.6. The van der Waals surface area contributed by atoms with Crippen molar-refractivity contribution in [3.8, 4) is 5.75 Å². The molecule has 1 atom stereocenters. The van der Waals surface area contributed by atoms with Crippen LogP contribution in [0, 0.1) is 5.82 Å². The second kappa shape index (κ2) is 8.79. The Morgan fingerprint density at radius 1 is 1.28 bits per heavy atom. The van der Waals surface area contributed by atoms with Crippen LogP contribution in [0.25, 0.3) is 10.9 Å². The van der Waals surface area contributed by atoms with Gasteiger partial charge in [-0.25, -0.2) is 4.39 Å². The number of nitrogens with two attached hydrogens (primary N) is 1. The first-order chi connectivity index (χ1) is 14.0. The monoisotopic (exact) mass is 496 g/mol. The van der Waals surface area contributed by atoms with E-state index < -0.39 is 10.8 Å². The topological polar surface area (TPSA) is 68.2 Å². The number of hydrogen-bond acceptors (Lipinski definition) is 4. The molecule has 0 saturated heterocycles. The smallest absolute Gasteiger partial charge is 0.134 e. The summed E-state index contributed by atoms with van der Waals surface area (Å²) in [6.07, 6.45) is 2.19. The number of halogens is 2. The molecule has 0 spiro atoms. The molecule has 2 aromatic carbocycles. The lowest BCUT2D eigenvalue weighted by Gasteiger charge is -2.12. The molecule has 1 fully saturated rings. The van der Waals surface area contributed by atoms with Crippen molar-refractivity contribution >= 4 is 49.4 Å². The molecule has 1 saturated carbocycles. The van der Waals surface area contributed by atoms with Crippen LogP contribution < -0.4 is 5.73 Å². The average molecular weight is 497 g/mol. The molecular weight excluding hydrogens is 475 g/mol. The van der Waals surface area contributed by atoms with Crippen LogP contribution in [0.2, 0.25) is 0 Å². The highest BCUT2D eigenvalue weighted by Crippen LogP contribution is 2.44. The number of nitrogens with zero attached hydrogens (tertiary/aromatic N) is 1. The number of hydrogen-bond donors (Lipinski definition) is 2. The van der Waals surface area contributed by atoms with E-state index in [9.17, 15) is 13.7 Å². The van der Waals surface area contributed by atoms with E-state index in [1.54, 1.807) is 23.9 Å². The van der Waals surface area contributed by atoms with Crippen molar-refractivity contribution in [2.24, 2.45) is 5.73 Å². The minimum atomic E-state index is -1.28. The molecule has 1 unspecified atom stereocenters. The Bertz CT molecular complexity index is 1060. The fourth-order valence-electron chi connectivity index (χ4n) is 3.53. The largest absolute Gasteiger partial charge is 0.506 e. The highest BCUT2D eigenvalue weighted by Gasteiger charge is 2.29. The van der Waals surface area contributed by atoms with Crippen LogP contribution in [-0.4, -0.2) is 26.2 Å². The van der Waals surface area contributed by atoms with Gasteiger partial charge in [-0.05, 0) is 65.2 Å². The van der Waals surface area contributed by atoms with Crippen LogP contribution in [0.3, 0.4) is 0 Å². The third kappa shape index (κ3) is 4.40. The number of rotatable bonds is 8. The summed E-state index contributed by atoms with van der Waals surface area (Å²) in [4.78, 5) is 0.613. The van der Waals surface area contributed by atoms with Gasteiger partial charge < -0.3 is 15.4 Å². The highest BCUT2D eigenvalue weighted by molar-refractivity contribution is 9.10. The van der Waals surface area contributed by atoms with E-state index in [-0.39, 0.29) is 11.6 Å². The molecule has 4 rings (SSSR count). The minimum absolute atomic E-state index is 0.251. The van der Waals surface area contributed by atoms with Crippen LogP contribution in [0.1, 0.15) is 30.1 Å². The molecule has 0 aliphatic heterocycles. The van der Waals surface area contributed by atoms with E-state index in [1.165, 1.54) is 12.1 Å². The predicted molar refractivity (Wildman–Crippen MR) is 121 cm³/mol. The quantitative estimate of drug-likeness (QED) is 0.426. The highest BCUT2D eigenvalue weighted by atomic mass is 79.9.